The zero-order valence-corrected chi connectivity index (χ0v) is 17.2. The fourth-order valence-corrected chi connectivity index (χ4v) is 2.48. The number of hydrogen-bond acceptors (Lipinski definition) is 3. The lowest BCUT2D eigenvalue weighted by Gasteiger charge is -2.19. The molecule has 0 aromatic heterocycles. The van der Waals surface area contributed by atoms with Crippen molar-refractivity contribution in [2.45, 2.75) is 52.4 Å². The smallest absolute Gasteiger partial charge is 0.277 e. The standard InChI is InChI=1S/C23H30N2O2/c1-22(2,3)18-9-7-17(8-10-18)15-24-25-21(26)16-27-20-13-11-19(12-14-20)23(4,5)6/h7-15H,16H2,1-6H3,(H,25,26). The van der Waals surface area contributed by atoms with Crippen molar-refractivity contribution >= 4 is 12.1 Å². The highest BCUT2D eigenvalue weighted by molar-refractivity contribution is 5.83. The van der Waals surface area contributed by atoms with Crippen LogP contribution in [0.3, 0.4) is 0 Å². The summed E-state index contributed by atoms with van der Waals surface area (Å²) < 4.78 is 5.51. The number of hydrogen-bond donors (Lipinski definition) is 1. The molecule has 4 nitrogen and oxygen atoms in total. The number of carbonyl (C=O) groups is 1. The van der Waals surface area contributed by atoms with Gasteiger partial charge in [-0.3, -0.25) is 4.79 Å². The van der Waals surface area contributed by atoms with E-state index in [1.165, 1.54) is 11.1 Å². The molecule has 2 aromatic carbocycles. The molecule has 0 heterocycles. The van der Waals surface area contributed by atoms with Crippen LogP contribution in [0, 0.1) is 0 Å². The van der Waals surface area contributed by atoms with Gasteiger partial charge in [-0.2, -0.15) is 5.10 Å². The summed E-state index contributed by atoms with van der Waals surface area (Å²) in [6.45, 7) is 12.9. The molecule has 0 radical (unpaired) electrons. The number of ether oxygens (including phenoxy) is 1. The maximum absolute atomic E-state index is 11.9. The Hall–Kier alpha value is -2.62. The molecular formula is C23H30N2O2. The van der Waals surface area contributed by atoms with Crippen molar-refractivity contribution in [3.8, 4) is 5.75 Å². The van der Waals surface area contributed by atoms with Gasteiger partial charge in [0.05, 0.1) is 6.21 Å². The molecule has 0 unspecified atom stereocenters. The summed E-state index contributed by atoms with van der Waals surface area (Å²) in [6, 6.07) is 15.9. The lowest BCUT2D eigenvalue weighted by molar-refractivity contribution is -0.123. The third-order valence-electron chi connectivity index (χ3n) is 4.27. The van der Waals surface area contributed by atoms with Crippen molar-refractivity contribution in [1.29, 1.82) is 0 Å². The first-order valence-electron chi connectivity index (χ1n) is 9.21. The molecule has 144 valence electrons. The first-order chi connectivity index (χ1) is 12.6. The Kier molecular flexibility index (Phi) is 6.42. The molecule has 27 heavy (non-hydrogen) atoms. The quantitative estimate of drug-likeness (QED) is 0.610. The van der Waals surface area contributed by atoms with Crippen LogP contribution in [0.15, 0.2) is 53.6 Å². The number of nitrogens with zero attached hydrogens (tertiary/aromatic N) is 1. The van der Waals surface area contributed by atoms with Crippen molar-refractivity contribution in [2.24, 2.45) is 5.10 Å². The van der Waals surface area contributed by atoms with Crippen LogP contribution in [0.25, 0.3) is 0 Å². The topological polar surface area (TPSA) is 50.7 Å². The minimum atomic E-state index is -0.294. The molecule has 2 rings (SSSR count). The van der Waals surface area contributed by atoms with Crippen molar-refractivity contribution in [2.75, 3.05) is 6.61 Å². The van der Waals surface area contributed by atoms with E-state index in [9.17, 15) is 4.79 Å². The summed E-state index contributed by atoms with van der Waals surface area (Å²) >= 11 is 0. The number of rotatable bonds is 5. The highest BCUT2D eigenvalue weighted by atomic mass is 16.5. The molecule has 0 atom stereocenters. The van der Waals surface area contributed by atoms with Gasteiger partial charge in [-0.1, -0.05) is 77.9 Å². The van der Waals surface area contributed by atoms with Crippen LogP contribution in [-0.2, 0) is 15.6 Å². The second kappa shape index (κ2) is 8.38. The Morgan fingerprint density at radius 1 is 0.889 bits per heavy atom. The minimum absolute atomic E-state index is 0.0742. The largest absolute Gasteiger partial charge is 0.484 e. The molecule has 0 aliphatic carbocycles. The third kappa shape index (κ3) is 6.55. The van der Waals surface area contributed by atoms with Gasteiger partial charge in [0.2, 0.25) is 0 Å². The molecule has 0 saturated carbocycles. The van der Waals surface area contributed by atoms with Gasteiger partial charge in [-0.05, 0) is 39.7 Å². The second-order valence-corrected chi connectivity index (χ2v) is 8.73. The molecule has 0 spiro atoms. The number of benzene rings is 2. The highest BCUT2D eigenvalue weighted by Crippen LogP contribution is 2.24. The molecule has 0 bridgehead atoms. The van der Waals surface area contributed by atoms with Gasteiger partial charge in [0.1, 0.15) is 5.75 Å². The first-order valence-corrected chi connectivity index (χ1v) is 9.21. The Balaban J connectivity index is 1.81. The molecule has 0 aliphatic rings. The average Bonchev–Trinajstić information content (AvgIpc) is 2.59. The van der Waals surface area contributed by atoms with Crippen molar-refractivity contribution in [1.82, 2.24) is 5.43 Å². The van der Waals surface area contributed by atoms with E-state index < -0.39 is 0 Å². The maximum Gasteiger partial charge on any atom is 0.277 e. The lowest BCUT2D eigenvalue weighted by Crippen LogP contribution is -2.24. The van der Waals surface area contributed by atoms with Crippen LogP contribution < -0.4 is 10.2 Å². The average molecular weight is 367 g/mol. The molecule has 0 aliphatic heterocycles. The summed E-state index contributed by atoms with van der Waals surface area (Å²) in [5, 5.41) is 3.99. The van der Waals surface area contributed by atoms with Crippen LogP contribution in [0.4, 0.5) is 0 Å². The molecule has 4 heteroatoms. The number of amides is 1. The lowest BCUT2D eigenvalue weighted by atomic mass is 9.87. The Bertz CT molecular complexity index is 777. The van der Waals surface area contributed by atoms with E-state index in [1.807, 2.05) is 36.4 Å². The fourth-order valence-electron chi connectivity index (χ4n) is 2.48. The predicted molar refractivity (Wildman–Crippen MR) is 112 cm³/mol. The monoisotopic (exact) mass is 366 g/mol. The summed E-state index contributed by atoms with van der Waals surface area (Å²) in [4.78, 5) is 11.9. The third-order valence-corrected chi connectivity index (χ3v) is 4.27. The van der Waals surface area contributed by atoms with Gasteiger partial charge in [-0.15, -0.1) is 0 Å². The fraction of sp³-hybridized carbons (Fsp3) is 0.391. The van der Waals surface area contributed by atoms with Gasteiger partial charge in [0, 0.05) is 0 Å². The van der Waals surface area contributed by atoms with Gasteiger partial charge >= 0.3 is 0 Å². The van der Waals surface area contributed by atoms with Gasteiger partial charge in [0.25, 0.3) is 5.91 Å². The van der Waals surface area contributed by atoms with E-state index in [0.29, 0.717) is 5.75 Å². The van der Waals surface area contributed by atoms with Gasteiger partial charge in [0.15, 0.2) is 6.61 Å². The van der Waals surface area contributed by atoms with Gasteiger partial charge in [-0.25, -0.2) is 5.43 Å². The van der Waals surface area contributed by atoms with Crippen molar-refractivity contribution < 1.29 is 9.53 Å². The van der Waals surface area contributed by atoms with Gasteiger partial charge < -0.3 is 4.74 Å². The Morgan fingerprint density at radius 2 is 1.37 bits per heavy atom. The molecular weight excluding hydrogens is 336 g/mol. The maximum atomic E-state index is 11.9. The SMILES string of the molecule is CC(C)(C)c1ccc(C=NNC(=O)COc2ccc(C(C)(C)C)cc2)cc1. The molecule has 2 aromatic rings. The molecule has 1 amide bonds. The number of nitrogens with one attached hydrogen (secondary N) is 1. The van der Waals surface area contributed by atoms with E-state index in [0.717, 1.165) is 5.56 Å². The van der Waals surface area contributed by atoms with Crippen LogP contribution in [0.1, 0.15) is 58.2 Å². The summed E-state index contributed by atoms with van der Waals surface area (Å²) in [5.74, 6) is 0.373. The van der Waals surface area contributed by atoms with Crippen LogP contribution >= 0.6 is 0 Å². The zero-order valence-electron chi connectivity index (χ0n) is 17.2. The van der Waals surface area contributed by atoms with E-state index in [4.69, 9.17) is 4.74 Å². The first kappa shape index (κ1) is 20.7. The van der Waals surface area contributed by atoms with E-state index in [-0.39, 0.29) is 23.3 Å². The van der Waals surface area contributed by atoms with Crippen molar-refractivity contribution in [3.05, 3.63) is 65.2 Å². The van der Waals surface area contributed by atoms with Crippen LogP contribution in [0.5, 0.6) is 5.75 Å². The molecule has 1 N–H and O–H groups in total. The van der Waals surface area contributed by atoms with E-state index in [2.05, 4.69) is 64.2 Å². The molecule has 0 fully saturated rings. The summed E-state index contributed by atoms with van der Waals surface area (Å²) in [7, 11) is 0. The summed E-state index contributed by atoms with van der Waals surface area (Å²) in [6.07, 6.45) is 1.63. The summed E-state index contributed by atoms with van der Waals surface area (Å²) in [5.41, 5.74) is 6.11. The van der Waals surface area contributed by atoms with E-state index >= 15 is 0 Å². The normalized spacial score (nSPS) is 12.2. The second-order valence-electron chi connectivity index (χ2n) is 8.73. The Morgan fingerprint density at radius 3 is 1.85 bits per heavy atom. The number of carbonyl (C=O) groups excluding carboxylic acids is 1. The van der Waals surface area contributed by atoms with Crippen molar-refractivity contribution in [3.63, 3.8) is 0 Å². The predicted octanol–water partition coefficient (Wildman–Crippen LogP) is 4.81. The zero-order chi connectivity index (χ0) is 20.1. The Labute approximate surface area is 162 Å². The van der Waals surface area contributed by atoms with E-state index in [1.54, 1.807) is 6.21 Å². The van der Waals surface area contributed by atoms with Crippen LogP contribution in [-0.4, -0.2) is 18.7 Å². The molecule has 0 saturated heterocycles. The van der Waals surface area contributed by atoms with Crippen LogP contribution in [0.2, 0.25) is 0 Å². The minimum Gasteiger partial charge on any atom is -0.484 e. The number of hydrazone groups is 1. The highest BCUT2D eigenvalue weighted by Gasteiger charge is 2.13.